The highest BCUT2D eigenvalue weighted by atomic mass is 79.9. The van der Waals surface area contributed by atoms with Crippen molar-refractivity contribution in [3.63, 3.8) is 0 Å². The van der Waals surface area contributed by atoms with Crippen LogP contribution in [0.4, 0.5) is 4.39 Å². The number of carbonyl (C=O) groups is 1. The average molecular weight is 412 g/mol. The van der Waals surface area contributed by atoms with Crippen LogP contribution in [0.2, 0.25) is 0 Å². The second-order valence-corrected chi connectivity index (χ2v) is 6.92. The number of carbonyl (C=O) groups excluding carboxylic acids is 1. The van der Waals surface area contributed by atoms with E-state index in [9.17, 15) is 9.18 Å². The van der Waals surface area contributed by atoms with Crippen molar-refractivity contribution in [3.05, 3.63) is 44.9 Å². The van der Waals surface area contributed by atoms with Gasteiger partial charge in [0.05, 0.1) is 16.8 Å². The number of fused-ring (bicyclic) bond motifs is 1. The summed E-state index contributed by atoms with van der Waals surface area (Å²) in [6.45, 7) is 4.84. The van der Waals surface area contributed by atoms with Crippen molar-refractivity contribution < 1.29 is 18.7 Å². The first-order valence-electron chi connectivity index (χ1n) is 8.01. The second kappa shape index (κ2) is 7.53. The smallest absolute Gasteiger partial charge is 0.272 e. The third-order valence-electron chi connectivity index (χ3n) is 3.96. The molecule has 1 aliphatic rings. The molecule has 1 aromatic carbocycles. The highest BCUT2D eigenvalue weighted by Crippen LogP contribution is 2.30. The van der Waals surface area contributed by atoms with E-state index in [-0.39, 0.29) is 24.4 Å². The molecular weight excluding hydrogens is 393 g/mol. The van der Waals surface area contributed by atoms with Gasteiger partial charge in [0.15, 0.2) is 12.5 Å². The van der Waals surface area contributed by atoms with E-state index in [1.165, 1.54) is 12.1 Å². The molecule has 1 aromatic heterocycles. The van der Waals surface area contributed by atoms with E-state index in [4.69, 9.17) is 9.47 Å². The SMILES string of the molecule is CC(C)c1[nH]nc(C(=O)NCCc2cc(F)cc3c2OCOC3)c1Br. The fourth-order valence-electron chi connectivity index (χ4n) is 2.71. The highest BCUT2D eigenvalue weighted by molar-refractivity contribution is 9.10. The zero-order chi connectivity index (χ0) is 18.0. The van der Waals surface area contributed by atoms with Gasteiger partial charge < -0.3 is 14.8 Å². The molecule has 134 valence electrons. The van der Waals surface area contributed by atoms with E-state index in [1.807, 2.05) is 13.8 Å². The lowest BCUT2D eigenvalue weighted by molar-refractivity contribution is -0.0172. The summed E-state index contributed by atoms with van der Waals surface area (Å²) in [4.78, 5) is 12.3. The van der Waals surface area contributed by atoms with Crippen LogP contribution in [0.1, 0.15) is 47.1 Å². The van der Waals surface area contributed by atoms with Crippen molar-refractivity contribution in [2.75, 3.05) is 13.3 Å². The summed E-state index contributed by atoms with van der Waals surface area (Å²) in [6, 6.07) is 2.84. The summed E-state index contributed by atoms with van der Waals surface area (Å²) >= 11 is 3.41. The third kappa shape index (κ3) is 3.85. The predicted molar refractivity (Wildman–Crippen MR) is 93.1 cm³/mol. The van der Waals surface area contributed by atoms with Gasteiger partial charge in [0.1, 0.15) is 11.6 Å². The first-order valence-corrected chi connectivity index (χ1v) is 8.80. The molecule has 0 bridgehead atoms. The standard InChI is InChI=1S/C17H19BrFN3O3/c1-9(2)14-13(18)15(22-21-14)17(23)20-4-3-10-5-12(19)6-11-7-24-8-25-16(10)11/h5-6,9H,3-4,7-8H2,1-2H3,(H,20,23)(H,21,22). The first-order chi connectivity index (χ1) is 12.0. The number of hydrogen-bond acceptors (Lipinski definition) is 4. The molecule has 1 aliphatic heterocycles. The Morgan fingerprint density at radius 3 is 3.00 bits per heavy atom. The summed E-state index contributed by atoms with van der Waals surface area (Å²) < 4.78 is 25.0. The van der Waals surface area contributed by atoms with Gasteiger partial charge in [0, 0.05) is 12.1 Å². The van der Waals surface area contributed by atoms with Crippen molar-refractivity contribution in [2.45, 2.75) is 32.8 Å². The van der Waals surface area contributed by atoms with Gasteiger partial charge in [-0.05, 0) is 46.0 Å². The minimum Gasteiger partial charge on any atom is -0.467 e. The van der Waals surface area contributed by atoms with Crippen molar-refractivity contribution in [1.82, 2.24) is 15.5 Å². The Kier molecular flexibility index (Phi) is 5.39. The number of ether oxygens (including phenoxy) is 2. The zero-order valence-electron chi connectivity index (χ0n) is 14.0. The van der Waals surface area contributed by atoms with Gasteiger partial charge in [-0.3, -0.25) is 9.89 Å². The monoisotopic (exact) mass is 411 g/mol. The van der Waals surface area contributed by atoms with Gasteiger partial charge in [-0.1, -0.05) is 13.8 Å². The third-order valence-corrected chi connectivity index (χ3v) is 4.76. The molecule has 0 unspecified atom stereocenters. The maximum absolute atomic E-state index is 13.7. The molecule has 2 N–H and O–H groups in total. The minimum atomic E-state index is -0.342. The quantitative estimate of drug-likeness (QED) is 0.791. The summed E-state index contributed by atoms with van der Waals surface area (Å²) in [5.74, 6) is 0.238. The molecular formula is C17H19BrFN3O3. The number of nitrogens with one attached hydrogen (secondary N) is 2. The number of H-pyrrole nitrogens is 1. The van der Waals surface area contributed by atoms with Gasteiger partial charge in [-0.25, -0.2) is 4.39 Å². The van der Waals surface area contributed by atoms with Crippen molar-refractivity contribution in [3.8, 4) is 5.75 Å². The van der Waals surface area contributed by atoms with Crippen LogP contribution in [0.5, 0.6) is 5.75 Å². The highest BCUT2D eigenvalue weighted by Gasteiger charge is 2.20. The summed E-state index contributed by atoms with van der Waals surface area (Å²) in [7, 11) is 0. The maximum atomic E-state index is 13.7. The van der Waals surface area contributed by atoms with Crippen molar-refractivity contribution in [2.24, 2.45) is 0 Å². The molecule has 6 nitrogen and oxygen atoms in total. The normalized spacial score (nSPS) is 13.5. The van der Waals surface area contributed by atoms with Crippen LogP contribution >= 0.6 is 15.9 Å². The number of rotatable bonds is 5. The van der Waals surface area contributed by atoms with Crippen LogP contribution in [0.15, 0.2) is 16.6 Å². The minimum absolute atomic E-state index is 0.149. The molecule has 2 aromatic rings. The number of amides is 1. The van der Waals surface area contributed by atoms with Crippen LogP contribution in [-0.2, 0) is 17.8 Å². The van der Waals surface area contributed by atoms with E-state index in [1.54, 1.807) is 0 Å². The van der Waals surface area contributed by atoms with Crippen LogP contribution in [0.3, 0.4) is 0 Å². The van der Waals surface area contributed by atoms with Crippen LogP contribution in [0.25, 0.3) is 0 Å². The fraction of sp³-hybridized carbons (Fsp3) is 0.412. The molecule has 2 heterocycles. The van der Waals surface area contributed by atoms with Crippen LogP contribution in [-0.4, -0.2) is 29.4 Å². The van der Waals surface area contributed by atoms with Crippen molar-refractivity contribution in [1.29, 1.82) is 0 Å². The van der Waals surface area contributed by atoms with Gasteiger partial charge in [-0.15, -0.1) is 0 Å². The molecule has 25 heavy (non-hydrogen) atoms. The molecule has 0 fully saturated rings. The Morgan fingerprint density at radius 2 is 2.28 bits per heavy atom. The number of hydrogen-bond donors (Lipinski definition) is 2. The molecule has 0 saturated carbocycles. The summed E-state index contributed by atoms with van der Waals surface area (Å²) in [5, 5.41) is 9.74. The molecule has 0 atom stereocenters. The van der Waals surface area contributed by atoms with E-state index in [0.29, 0.717) is 46.6 Å². The van der Waals surface area contributed by atoms with Gasteiger partial charge in [0.25, 0.3) is 5.91 Å². The maximum Gasteiger partial charge on any atom is 0.272 e. The predicted octanol–water partition coefficient (Wildman–Crippen LogP) is 3.27. The lowest BCUT2D eigenvalue weighted by atomic mass is 10.1. The van der Waals surface area contributed by atoms with E-state index < -0.39 is 0 Å². The average Bonchev–Trinajstić information content (AvgIpc) is 2.96. The van der Waals surface area contributed by atoms with Gasteiger partial charge in [-0.2, -0.15) is 5.10 Å². The Morgan fingerprint density at radius 1 is 1.48 bits per heavy atom. The van der Waals surface area contributed by atoms with Crippen LogP contribution in [0, 0.1) is 5.82 Å². The number of aromatic nitrogens is 2. The van der Waals surface area contributed by atoms with Gasteiger partial charge in [0.2, 0.25) is 0 Å². The Bertz CT molecular complexity index is 792. The molecule has 3 rings (SSSR count). The Balaban J connectivity index is 1.65. The second-order valence-electron chi connectivity index (χ2n) is 6.12. The lowest BCUT2D eigenvalue weighted by Gasteiger charge is -2.20. The number of nitrogens with zero attached hydrogens (tertiary/aromatic N) is 1. The van der Waals surface area contributed by atoms with Crippen LogP contribution < -0.4 is 10.1 Å². The van der Waals surface area contributed by atoms with E-state index in [0.717, 1.165) is 5.69 Å². The van der Waals surface area contributed by atoms with E-state index in [2.05, 4.69) is 31.4 Å². The topological polar surface area (TPSA) is 76.2 Å². The summed E-state index contributed by atoms with van der Waals surface area (Å²) in [6.07, 6.45) is 0.449. The number of aromatic amines is 1. The molecule has 1 amide bonds. The summed E-state index contributed by atoms with van der Waals surface area (Å²) in [5.41, 5.74) is 2.58. The zero-order valence-corrected chi connectivity index (χ0v) is 15.6. The number of benzene rings is 1. The lowest BCUT2D eigenvalue weighted by Crippen LogP contribution is -2.27. The Labute approximate surface area is 153 Å². The van der Waals surface area contributed by atoms with E-state index >= 15 is 0 Å². The fourth-order valence-corrected chi connectivity index (χ4v) is 3.53. The Hall–Kier alpha value is -1.93. The molecule has 0 saturated heterocycles. The van der Waals surface area contributed by atoms with Crippen molar-refractivity contribution >= 4 is 21.8 Å². The van der Waals surface area contributed by atoms with Gasteiger partial charge >= 0.3 is 0 Å². The molecule has 8 heteroatoms. The first kappa shape index (κ1) is 17.9. The number of halogens is 2. The largest absolute Gasteiger partial charge is 0.467 e. The molecule has 0 radical (unpaired) electrons. The molecule has 0 aliphatic carbocycles. The molecule has 0 spiro atoms.